The summed E-state index contributed by atoms with van der Waals surface area (Å²) < 4.78 is 22.3. The smallest absolute Gasteiger partial charge is 0.186 e. The van der Waals surface area contributed by atoms with Gasteiger partial charge in [-0.15, -0.1) is 11.6 Å². The number of ether oxygens (including phenoxy) is 3. The maximum Gasteiger partial charge on any atom is 0.186 e. The number of carbonyl (C=O) groups is 1. The molecule has 0 aromatic carbocycles. The number of rotatable bonds is 7. The molecule has 0 fully saturated rings. The molecule has 1 aliphatic carbocycles. The fourth-order valence-electron chi connectivity index (χ4n) is 2.53. The van der Waals surface area contributed by atoms with Crippen molar-refractivity contribution in [1.29, 1.82) is 0 Å². The Morgan fingerprint density at radius 1 is 1.38 bits per heavy atom. The molecule has 0 heterocycles. The average Bonchev–Trinajstić information content (AvgIpc) is 2.52. The molecule has 7 heteroatoms. The zero-order valence-electron chi connectivity index (χ0n) is 13.3. The molecule has 1 rings (SSSR count). The predicted octanol–water partition coefficient (Wildman–Crippen LogP) is 2.35. The minimum absolute atomic E-state index is 0.00934. The van der Waals surface area contributed by atoms with Crippen LogP contribution in [0.25, 0.3) is 0 Å². The number of carbonyl (C=O) groups excluding carboxylic acids is 1. The summed E-state index contributed by atoms with van der Waals surface area (Å²) in [5.74, 6) is 0.0605. The Kier molecular flexibility index (Phi) is 7.03. The van der Waals surface area contributed by atoms with Crippen LogP contribution in [0.15, 0.2) is 12.2 Å². The number of hydrogen-bond acceptors (Lipinski definition) is 5. The van der Waals surface area contributed by atoms with Gasteiger partial charge in [0.2, 0.25) is 0 Å². The quantitative estimate of drug-likeness (QED) is 0.406. The summed E-state index contributed by atoms with van der Waals surface area (Å²) >= 11 is 6.22. The van der Waals surface area contributed by atoms with Crippen LogP contribution in [0.3, 0.4) is 0 Å². The molecular weight excluding hydrogens is 312 g/mol. The van der Waals surface area contributed by atoms with Crippen LogP contribution in [-0.4, -0.2) is 58.8 Å². The van der Waals surface area contributed by atoms with E-state index in [1.165, 1.54) is 13.2 Å². The second kappa shape index (κ2) is 7.85. The topological polar surface area (TPSA) is 54.0 Å². The van der Waals surface area contributed by atoms with E-state index >= 15 is 0 Å². The monoisotopic (exact) mass is 336 g/mol. The van der Waals surface area contributed by atoms with E-state index in [9.17, 15) is 4.79 Å². The highest BCUT2D eigenvalue weighted by Gasteiger charge is 2.49. The Hall–Kier alpha value is -0.243. The fraction of sp³-hybridized carbons (Fsp3) is 0.786. The van der Waals surface area contributed by atoms with E-state index in [1.807, 2.05) is 0 Å². The van der Waals surface area contributed by atoms with E-state index in [1.54, 1.807) is 13.2 Å². The van der Waals surface area contributed by atoms with Crippen molar-refractivity contribution < 1.29 is 23.4 Å². The number of hydrogen-bond donors (Lipinski definition) is 0. The van der Waals surface area contributed by atoms with Crippen molar-refractivity contribution in [3.8, 4) is 0 Å². The Labute approximate surface area is 132 Å². The van der Waals surface area contributed by atoms with Crippen molar-refractivity contribution in [1.82, 2.24) is 0 Å². The van der Waals surface area contributed by atoms with Gasteiger partial charge in [0.25, 0.3) is 0 Å². The zero-order chi connectivity index (χ0) is 16.1. The molecule has 0 bridgehead atoms. The van der Waals surface area contributed by atoms with E-state index in [4.69, 9.17) is 30.2 Å². The van der Waals surface area contributed by atoms with Gasteiger partial charge in [0.15, 0.2) is 20.2 Å². The second-order valence-corrected chi connectivity index (χ2v) is 10.8. The third-order valence-corrected chi connectivity index (χ3v) is 4.65. The van der Waals surface area contributed by atoms with Crippen LogP contribution in [0.2, 0.25) is 19.6 Å². The third kappa shape index (κ3) is 4.87. The van der Waals surface area contributed by atoms with E-state index in [-0.39, 0.29) is 18.5 Å². The van der Waals surface area contributed by atoms with Gasteiger partial charge in [-0.1, -0.05) is 6.08 Å². The number of ketones is 1. The van der Waals surface area contributed by atoms with Crippen LogP contribution in [0.5, 0.6) is 0 Å². The Morgan fingerprint density at radius 2 is 2.05 bits per heavy atom. The summed E-state index contributed by atoms with van der Waals surface area (Å²) in [4.78, 5) is 12.2. The number of alkyl halides is 1. The van der Waals surface area contributed by atoms with Crippen LogP contribution in [-0.2, 0) is 23.4 Å². The molecule has 122 valence electrons. The zero-order valence-corrected chi connectivity index (χ0v) is 15.1. The summed E-state index contributed by atoms with van der Waals surface area (Å²) in [6.07, 6.45) is 2.43. The van der Waals surface area contributed by atoms with Gasteiger partial charge in [-0.2, -0.15) is 0 Å². The summed E-state index contributed by atoms with van der Waals surface area (Å²) in [5, 5.41) is 0. The molecule has 3 atom stereocenters. The van der Waals surface area contributed by atoms with E-state index in [0.29, 0.717) is 6.42 Å². The minimum Gasteiger partial charge on any atom is -0.408 e. The Balaban J connectivity index is 3.15. The molecule has 0 aliphatic heterocycles. The molecule has 0 radical (unpaired) electrons. The van der Waals surface area contributed by atoms with Gasteiger partial charge < -0.3 is 18.6 Å². The van der Waals surface area contributed by atoms with Gasteiger partial charge in [-0.25, -0.2) is 0 Å². The minimum atomic E-state index is -1.90. The molecular formula is C14H25ClO5Si. The van der Waals surface area contributed by atoms with Crippen molar-refractivity contribution >= 4 is 25.7 Å². The van der Waals surface area contributed by atoms with Crippen molar-refractivity contribution in [3.05, 3.63) is 12.2 Å². The van der Waals surface area contributed by atoms with Crippen LogP contribution < -0.4 is 0 Å². The highest BCUT2D eigenvalue weighted by molar-refractivity contribution is 6.69. The summed E-state index contributed by atoms with van der Waals surface area (Å²) in [6.45, 7) is 6.25. The average molecular weight is 337 g/mol. The first-order valence-electron chi connectivity index (χ1n) is 6.89. The van der Waals surface area contributed by atoms with Gasteiger partial charge in [-0.05, 0) is 32.1 Å². The van der Waals surface area contributed by atoms with E-state index in [2.05, 4.69) is 19.6 Å². The largest absolute Gasteiger partial charge is 0.408 e. The van der Waals surface area contributed by atoms with Gasteiger partial charge in [0.1, 0.15) is 18.5 Å². The molecule has 0 saturated carbocycles. The maximum absolute atomic E-state index is 12.2. The predicted molar refractivity (Wildman–Crippen MR) is 84.2 cm³/mol. The van der Waals surface area contributed by atoms with E-state index in [0.717, 1.165) is 0 Å². The molecule has 0 N–H and O–H groups in total. The Bertz CT molecular complexity index is 382. The molecule has 0 amide bonds. The molecule has 0 aromatic heterocycles. The summed E-state index contributed by atoms with van der Waals surface area (Å²) in [7, 11) is 1.15. The molecule has 5 nitrogen and oxygen atoms in total. The maximum atomic E-state index is 12.2. The third-order valence-electron chi connectivity index (χ3n) is 3.17. The number of methoxy groups -OCH3 is 2. The van der Waals surface area contributed by atoms with Gasteiger partial charge in [0, 0.05) is 14.2 Å². The standard InChI is InChI=1S/C14H25ClO5Si/c1-17-10-19-12-11(16)7-6-8-14(9-15,13(12)18-2)20-21(3,4)5/h6-7,12-13H,8-10H2,1-5H3/t12-,13-,14+/m0/s1. The first-order chi connectivity index (χ1) is 9.79. The van der Waals surface area contributed by atoms with Crippen LogP contribution in [0.4, 0.5) is 0 Å². The first kappa shape index (κ1) is 18.8. The highest BCUT2D eigenvalue weighted by Crippen LogP contribution is 2.34. The summed E-state index contributed by atoms with van der Waals surface area (Å²) in [5.41, 5.74) is -0.776. The van der Waals surface area contributed by atoms with E-state index < -0.39 is 26.1 Å². The van der Waals surface area contributed by atoms with Gasteiger partial charge >= 0.3 is 0 Å². The van der Waals surface area contributed by atoms with Crippen molar-refractivity contribution in [2.45, 2.75) is 43.9 Å². The highest BCUT2D eigenvalue weighted by atomic mass is 35.5. The summed E-state index contributed by atoms with van der Waals surface area (Å²) in [6, 6.07) is 0. The lowest BCUT2D eigenvalue weighted by Gasteiger charge is -2.43. The van der Waals surface area contributed by atoms with Crippen LogP contribution in [0.1, 0.15) is 6.42 Å². The lowest BCUT2D eigenvalue weighted by atomic mass is 9.91. The molecule has 0 spiro atoms. The lowest BCUT2D eigenvalue weighted by Crippen LogP contribution is -2.58. The Morgan fingerprint density at radius 3 is 2.52 bits per heavy atom. The van der Waals surface area contributed by atoms with Crippen molar-refractivity contribution in [2.75, 3.05) is 26.9 Å². The SMILES string of the molecule is COCO[C@H]1C(=O)C=CC[C@](CCl)(O[Si](C)(C)C)[C@H]1OC. The number of halogens is 1. The normalized spacial score (nSPS) is 30.5. The fourth-order valence-corrected chi connectivity index (χ4v) is 4.43. The lowest BCUT2D eigenvalue weighted by molar-refractivity contribution is -0.174. The van der Waals surface area contributed by atoms with Crippen LogP contribution >= 0.6 is 11.6 Å². The van der Waals surface area contributed by atoms with Gasteiger partial charge in [-0.3, -0.25) is 4.79 Å². The molecule has 0 saturated heterocycles. The first-order valence-corrected chi connectivity index (χ1v) is 10.8. The second-order valence-electron chi connectivity index (χ2n) is 6.07. The molecule has 0 aromatic rings. The van der Waals surface area contributed by atoms with Gasteiger partial charge in [0.05, 0.1) is 5.88 Å². The molecule has 0 unspecified atom stereocenters. The van der Waals surface area contributed by atoms with Crippen LogP contribution in [0, 0.1) is 0 Å². The molecule has 21 heavy (non-hydrogen) atoms. The van der Waals surface area contributed by atoms with Crippen molar-refractivity contribution in [3.63, 3.8) is 0 Å². The van der Waals surface area contributed by atoms with Crippen molar-refractivity contribution in [2.24, 2.45) is 0 Å². The molecule has 1 aliphatic rings.